The first kappa shape index (κ1) is 28.0. The standard InChI is InChI=1S/C35H34FN3O2S/c1-2-3-4-23-7-11-27(12-8-23)38-21-26-9-13-30(39-22-26)34-20-31-35(42-34)33(15-16-37-31)41-32-14-10-25(19-29(32)36)18-28(40)17-24-5-6-24/h7-16,19-20,22,24,38H,2-6,17-18,21H2,1H3. The number of anilines is 1. The number of rotatable bonds is 13. The number of halogens is 1. The number of fused-ring (bicyclic) bond motifs is 1. The van der Waals surface area contributed by atoms with E-state index in [0.717, 1.165) is 51.3 Å². The molecule has 1 fully saturated rings. The molecule has 1 saturated carbocycles. The van der Waals surface area contributed by atoms with Crippen molar-refractivity contribution in [3.05, 3.63) is 102 Å². The molecule has 0 unspecified atom stereocenters. The molecular formula is C35H34FN3O2S. The highest BCUT2D eigenvalue weighted by molar-refractivity contribution is 7.22. The molecule has 2 aromatic carbocycles. The molecule has 214 valence electrons. The fourth-order valence-electron chi connectivity index (χ4n) is 4.97. The molecule has 3 heterocycles. The van der Waals surface area contributed by atoms with Gasteiger partial charge >= 0.3 is 0 Å². The van der Waals surface area contributed by atoms with Crippen molar-refractivity contribution in [2.75, 3.05) is 5.32 Å². The predicted molar refractivity (Wildman–Crippen MR) is 168 cm³/mol. The van der Waals surface area contributed by atoms with Crippen LogP contribution in [0.2, 0.25) is 0 Å². The summed E-state index contributed by atoms with van der Waals surface area (Å²) in [4.78, 5) is 22.3. The number of unbranched alkanes of at least 4 members (excludes halogenated alkanes) is 1. The zero-order valence-electron chi connectivity index (χ0n) is 23.7. The first-order valence-corrected chi connectivity index (χ1v) is 15.5. The van der Waals surface area contributed by atoms with Crippen molar-refractivity contribution in [2.45, 2.75) is 58.4 Å². The SMILES string of the molecule is CCCCc1ccc(NCc2ccc(-c3cc4nccc(Oc5ccc(CC(=O)CC6CC6)cc5F)c4s3)nc2)cc1. The van der Waals surface area contributed by atoms with E-state index in [0.29, 0.717) is 30.2 Å². The van der Waals surface area contributed by atoms with E-state index in [9.17, 15) is 9.18 Å². The molecule has 6 rings (SSSR count). The van der Waals surface area contributed by atoms with Crippen molar-refractivity contribution in [1.82, 2.24) is 9.97 Å². The Bertz CT molecular complexity index is 1680. The van der Waals surface area contributed by atoms with E-state index in [4.69, 9.17) is 9.72 Å². The number of carbonyl (C=O) groups excluding carboxylic acids is 1. The van der Waals surface area contributed by atoms with Gasteiger partial charge in [-0.15, -0.1) is 11.3 Å². The summed E-state index contributed by atoms with van der Waals surface area (Å²) in [6.07, 6.45) is 10.2. The smallest absolute Gasteiger partial charge is 0.166 e. The van der Waals surface area contributed by atoms with Crippen LogP contribution in [0.1, 0.15) is 55.7 Å². The molecule has 0 aliphatic heterocycles. The van der Waals surface area contributed by atoms with Crippen molar-refractivity contribution < 1.29 is 13.9 Å². The maximum atomic E-state index is 14.9. The Kier molecular flexibility index (Phi) is 8.56. The lowest BCUT2D eigenvalue weighted by molar-refractivity contribution is -0.118. The zero-order chi connectivity index (χ0) is 28.9. The van der Waals surface area contributed by atoms with Crippen LogP contribution >= 0.6 is 11.3 Å². The minimum absolute atomic E-state index is 0.126. The summed E-state index contributed by atoms with van der Waals surface area (Å²) in [5, 5.41) is 3.47. The molecule has 0 bridgehead atoms. The summed E-state index contributed by atoms with van der Waals surface area (Å²) in [6, 6.07) is 21.2. The number of nitrogens with zero attached hydrogens (tertiary/aromatic N) is 2. The first-order chi connectivity index (χ1) is 20.5. The number of nitrogens with one attached hydrogen (secondary N) is 1. The number of pyridine rings is 2. The lowest BCUT2D eigenvalue weighted by Gasteiger charge is -2.09. The lowest BCUT2D eigenvalue weighted by Crippen LogP contribution is -2.04. The highest BCUT2D eigenvalue weighted by Gasteiger charge is 2.24. The molecule has 7 heteroatoms. The Morgan fingerprint density at radius 1 is 0.976 bits per heavy atom. The van der Waals surface area contributed by atoms with Gasteiger partial charge in [-0.2, -0.15) is 0 Å². The minimum atomic E-state index is -0.480. The third kappa shape index (κ3) is 7.02. The van der Waals surface area contributed by atoms with Gasteiger partial charge in [0, 0.05) is 43.5 Å². The molecule has 3 aromatic heterocycles. The Morgan fingerprint density at radius 3 is 2.52 bits per heavy atom. The molecule has 5 aromatic rings. The molecule has 0 saturated heterocycles. The average molecular weight is 580 g/mol. The Morgan fingerprint density at radius 2 is 1.79 bits per heavy atom. The van der Waals surface area contributed by atoms with Gasteiger partial charge in [0.2, 0.25) is 0 Å². The zero-order valence-corrected chi connectivity index (χ0v) is 24.6. The summed E-state index contributed by atoms with van der Waals surface area (Å²) in [6.45, 7) is 2.90. The van der Waals surface area contributed by atoms with Gasteiger partial charge in [-0.1, -0.05) is 37.6 Å². The summed E-state index contributed by atoms with van der Waals surface area (Å²) in [5.41, 5.74) is 5.84. The fourth-order valence-corrected chi connectivity index (χ4v) is 6.01. The second kappa shape index (κ2) is 12.8. The molecule has 1 aliphatic carbocycles. The number of aromatic nitrogens is 2. The van der Waals surface area contributed by atoms with E-state index in [1.165, 1.54) is 35.8 Å². The van der Waals surface area contributed by atoms with E-state index < -0.39 is 5.82 Å². The van der Waals surface area contributed by atoms with Gasteiger partial charge in [0.15, 0.2) is 11.6 Å². The normalized spacial score (nSPS) is 12.9. The van der Waals surface area contributed by atoms with Gasteiger partial charge in [0.05, 0.1) is 20.8 Å². The Hall–Kier alpha value is -4.10. The van der Waals surface area contributed by atoms with Crippen LogP contribution in [-0.4, -0.2) is 15.8 Å². The largest absolute Gasteiger partial charge is 0.453 e. The van der Waals surface area contributed by atoms with Gasteiger partial charge in [0.25, 0.3) is 0 Å². The molecule has 5 nitrogen and oxygen atoms in total. The van der Waals surface area contributed by atoms with Crippen LogP contribution in [0.15, 0.2) is 79.1 Å². The number of ketones is 1. The number of ether oxygens (including phenoxy) is 1. The molecule has 42 heavy (non-hydrogen) atoms. The molecule has 0 amide bonds. The van der Waals surface area contributed by atoms with Crippen molar-refractivity contribution in [1.29, 1.82) is 0 Å². The number of hydrogen-bond acceptors (Lipinski definition) is 6. The lowest BCUT2D eigenvalue weighted by atomic mass is 10.0. The van der Waals surface area contributed by atoms with Crippen molar-refractivity contribution in [2.24, 2.45) is 5.92 Å². The highest BCUT2D eigenvalue weighted by atomic mass is 32.1. The third-order valence-electron chi connectivity index (χ3n) is 7.55. The summed E-state index contributed by atoms with van der Waals surface area (Å²) < 4.78 is 21.8. The van der Waals surface area contributed by atoms with Gasteiger partial charge in [-0.25, -0.2) is 4.39 Å². The molecule has 1 N–H and O–H groups in total. The number of thiophene rings is 1. The van der Waals surface area contributed by atoms with Crippen LogP contribution in [-0.2, 0) is 24.2 Å². The highest BCUT2D eigenvalue weighted by Crippen LogP contribution is 2.39. The van der Waals surface area contributed by atoms with Gasteiger partial charge in [0.1, 0.15) is 11.5 Å². The second-order valence-electron chi connectivity index (χ2n) is 11.1. The third-order valence-corrected chi connectivity index (χ3v) is 8.71. The summed E-state index contributed by atoms with van der Waals surface area (Å²) in [5.74, 6) is 0.878. The van der Waals surface area contributed by atoms with Crippen LogP contribution < -0.4 is 10.1 Å². The van der Waals surface area contributed by atoms with Gasteiger partial charge < -0.3 is 10.1 Å². The number of hydrogen-bond donors (Lipinski definition) is 1. The first-order valence-electron chi connectivity index (χ1n) is 14.7. The van der Waals surface area contributed by atoms with Crippen LogP contribution in [0, 0.1) is 11.7 Å². The maximum absolute atomic E-state index is 14.9. The summed E-state index contributed by atoms with van der Waals surface area (Å²) in [7, 11) is 0. The van der Waals surface area contributed by atoms with Crippen LogP contribution in [0.5, 0.6) is 11.5 Å². The van der Waals surface area contributed by atoms with E-state index in [1.54, 1.807) is 24.4 Å². The van der Waals surface area contributed by atoms with Crippen LogP contribution in [0.4, 0.5) is 10.1 Å². The van der Waals surface area contributed by atoms with Crippen molar-refractivity contribution in [3.63, 3.8) is 0 Å². The molecule has 0 spiro atoms. The fraction of sp³-hybridized carbons (Fsp3) is 0.286. The van der Waals surface area contributed by atoms with Crippen LogP contribution in [0.25, 0.3) is 20.8 Å². The monoisotopic (exact) mass is 579 g/mol. The second-order valence-corrected chi connectivity index (χ2v) is 12.1. The van der Waals surface area contributed by atoms with Crippen LogP contribution in [0.3, 0.4) is 0 Å². The molecular weight excluding hydrogens is 545 g/mol. The van der Waals surface area contributed by atoms with E-state index >= 15 is 0 Å². The topological polar surface area (TPSA) is 64.1 Å². The molecule has 0 radical (unpaired) electrons. The summed E-state index contributed by atoms with van der Waals surface area (Å²) >= 11 is 1.52. The number of carbonyl (C=O) groups is 1. The van der Waals surface area contributed by atoms with E-state index in [2.05, 4.69) is 47.6 Å². The van der Waals surface area contributed by atoms with E-state index in [1.807, 2.05) is 18.3 Å². The molecule has 0 atom stereocenters. The number of benzene rings is 2. The van der Waals surface area contributed by atoms with E-state index in [-0.39, 0.29) is 18.0 Å². The Balaban J connectivity index is 1.11. The average Bonchev–Trinajstić information content (AvgIpc) is 3.70. The number of Topliss-reactive ketones (excluding diaryl/α,β-unsaturated/α-hetero) is 1. The maximum Gasteiger partial charge on any atom is 0.166 e. The van der Waals surface area contributed by atoms with Crippen molar-refractivity contribution >= 4 is 33.0 Å². The number of aryl methyl sites for hydroxylation is 1. The minimum Gasteiger partial charge on any atom is -0.453 e. The molecule has 1 aliphatic rings. The van der Waals surface area contributed by atoms with Crippen molar-refractivity contribution in [3.8, 4) is 22.1 Å². The Labute approximate surface area is 249 Å². The quantitative estimate of drug-likeness (QED) is 0.151. The van der Waals surface area contributed by atoms with Gasteiger partial charge in [-0.05, 0) is 84.7 Å². The predicted octanol–water partition coefficient (Wildman–Crippen LogP) is 9.16. The van der Waals surface area contributed by atoms with Gasteiger partial charge in [-0.3, -0.25) is 14.8 Å².